The summed E-state index contributed by atoms with van der Waals surface area (Å²) in [5.74, 6) is 0. The molecule has 0 fully saturated rings. The molecule has 0 heterocycles. The molecule has 2 rings (SSSR count). The van der Waals surface area contributed by atoms with E-state index in [1.54, 1.807) is 0 Å². The largest absolute Gasteiger partial charge is 0.399 e. The smallest absolute Gasteiger partial charge is 0.0417 e. The molecule has 0 aliphatic rings. The highest BCUT2D eigenvalue weighted by molar-refractivity contribution is 7.67. The molecule has 3 heteroatoms. The highest BCUT2D eigenvalue weighted by Crippen LogP contribution is 2.50. The lowest BCUT2D eigenvalue weighted by molar-refractivity contribution is 0.787. The third-order valence-electron chi connectivity index (χ3n) is 3.98. The quantitative estimate of drug-likeness (QED) is 0.634. The minimum Gasteiger partial charge on any atom is -0.399 e. The molecule has 0 saturated heterocycles. The summed E-state index contributed by atoms with van der Waals surface area (Å²) in [5.41, 5.74) is 17.3. The van der Waals surface area contributed by atoms with Crippen molar-refractivity contribution in [2.75, 3.05) is 17.6 Å². The highest BCUT2D eigenvalue weighted by Gasteiger charge is 2.26. The maximum Gasteiger partial charge on any atom is 0.0417 e. The second-order valence-corrected chi connectivity index (χ2v) is 10.0. The van der Waals surface area contributed by atoms with Crippen LogP contribution in [0.2, 0.25) is 0 Å². The number of hydrogen-bond donors (Lipinski definition) is 2. The van der Waals surface area contributed by atoms with Gasteiger partial charge in [0.1, 0.15) is 0 Å². The van der Waals surface area contributed by atoms with Gasteiger partial charge in [-0.2, -0.15) is 0 Å². The molecular formula is C19H27N2P. The molecule has 118 valence electrons. The van der Waals surface area contributed by atoms with Gasteiger partial charge in [-0.15, -0.1) is 0 Å². The van der Waals surface area contributed by atoms with E-state index in [1.807, 2.05) is 12.1 Å². The average Bonchev–Trinajstić information content (AvgIpc) is 2.38. The van der Waals surface area contributed by atoms with Crippen LogP contribution < -0.4 is 16.8 Å². The number of rotatable bonds is 3. The van der Waals surface area contributed by atoms with Gasteiger partial charge >= 0.3 is 0 Å². The number of hydrogen-bond acceptors (Lipinski definition) is 2. The fraction of sp³-hybridized carbons (Fsp3) is 0.368. The lowest BCUT2D eigenvalue weighted by atomic mass is 9.98. The summed E-state index contributed by atoms with van der Waals surface area (Å²) < 4.78 is 0. The van der Waals surface area contributed by atoms with E-state index in [-0.39, 0.29) is 13.1 Å². The van der Waals surface area contributed by atoms with E-state index in [1.165, 1.54) is 17.0 Å². The Bertz CT molecular complexity index is 648. The number of nitrogens with two attached hydrogens (primary N) is 2. The third kappa shape index (κ3) is 3.28. The van der Waals surface area contributed by atoms with Crippen molar-refractivity contribution in [2.45, 2.75) is 39.8 Å². The predicted molar refractivity (Wildman–Crippen MR) is 102 cm³/mol. The molecule has 0 saturated carbocycles. The molecule has 1 atom stereocenters. The second-order valence-electron chi connectivity index (χ2n) is 6.73. The summed E-state index contributed by atoms with van der Waals surface area (Å²) in [6.45, 7) is 11.4. The summed E-state index contributed by atoms with van der Waals surface area (Å²) in [6.07, 6.45) is 1.17. The Kier molecular flexibility index (Phi) is 4.82. The van der Waals surface area contributed by atoms with E-state index in [0.29, 0.717) is 0 Å². The van der Waals surface area contributed by atoms with Gasteiger partial charge in [0.05, 0.1) is 0 Å². The molecule has 4 N–H and O–H groups in total. The average molecular weight is 314 g/mol. The Morgan fingerprint density at radius 3 is 2.23 bits per heavy atom. The van der Waals surface area contributed by atoms with Crippen molar-refractivity contribution in [1.82, 2.24) is 0 Å². The minimum atomic E-state index is -0.258. The van der Waals surface area contributed by atoms with Gasteiger partial charge in [0.15, 0.2) is 0 Å². The summed E-state index contributed by atoms with van der Waals surface area (Å²) in [6, 6.07) is 12.6. The van der Waals surface area contributed by atoms with Crippen LogP contribution >= 0.6 is 7.92 Å². The Morgan fingerprint density at radius 1 is 1.05 bits per heavy atom. The SMILES string of the molecule is CCP(c1ccccc1-c1c(C)cc(N)cc1N)C(C)(C)C. The zero-order chi connectivity index (χ0) is 16.5. The van der Waals surface area contributed by atoms with E-state index < -0.39 is 0 Å². The third-order valence-corrected chi connectivity index (χ3v) is 7.20. The van der Waals surface area contributed by atoms with Crippen molar-refractivity contribution in [3.63, 3.8) is 0 Å². The Hall–Kier alpha value is -1.53. The molecule has 2 aromatic carbocycles. The molecule has 2 aromatic rings. The van der Waals surface area contributed by atoms with Crippen LogP contribution in [0.3, 0.4) is 0 Å². The summed E-state index contributed by atoms with van der Waals surface area (Å²) >= 11 is 0. The lowest BCUT2D eigenvalue weighted by Crippen LogP contribution is -2.22. The zero-order valence-corrected chi connectivity index (χ0v) is 15.2. The second kappa shape index (κ2) is 6.30. The van der Waals surface area contributed by atoms with E-state index in [2.05, 4.69) is 58.9 Å². The molecule has 0 bridgehead atoms. The van der Waals surface area contributed by atoms with Crippen LogP contribution in [0.5, 0.6) is 0 Å². The van der Waals surface area contributed by atoms with Crippen molar-refractivity contribution in [3.8, 4) is 11.1 Å². The van der Waals surface area contributed by atoms with Gasteiger partial charge in [0.2, 0.25) is 0 Å². The normalized spacial score (nSPS) is 13.1. The Morgan fingerprint density at radius 2 is 1.68 bits per heavy atom. The Balaban J connectivity index is 2.69. The number of benzene rings is 2. The molecular weight excluding hydrogens is 287 g/mol. The first kappa shape index (κ1) is 16.8. The van der Waals surface area contributed by atoms with Gasteiger partial charge in [-0.25, -0.2) is 0 Å². The van der Waals surface area contributed by atoms with Gasteiger partial charge in [-0.05, 0) is 46.8 Å². The van der Waals surface area contributed by atoms with Crippen LogP contribution in [0.15, 0.2) is 36.4 Å². The van der Waals surface area contributed by atoms with Crippen molar-refractivity contribution in [1.29, 1.82) is 0 Å². The standard InChI is InChI=1S/C19H27N2P/c1-6-22(19(3,4)5)17-10-8-7-9-15(17)18-13(2)11-14(20)12-16(18)21/h7-12H,6,20-21H2,1-5H3. The van der Waals surface area contributed by atoms with E-state index in [0.717, 1.165) is 22.5 Å². The maximum absolute atomic E-state index is 6.30. The fourth-order valence-electron chi connectivity index (χ4n) is 3.14. The molecule has 0 aliphatic carbocycles. The zero-order valence-electron chi connectivity index (χ0n) is 14.3. The number of aryl methyl sites for hydroxylation is 1. The van der Waals surface area contributed by atoms with Gasteiger partial charge in [0.25, 0.3) is 0 Å². The van der Waals surface area contributed by atoms with Crippen molar-refractivity contribution in [2.24, 2.45) is 0 Å². The molecule has 0 aliphatic heterocycles. The monoisotopic (exact) mass is 314 g/mol. The maximum atomic E-state index is 6.30. The molecule has 1 unspecified atom stereocenters. The van der Waals surface area contributed by atoms with E-state index in [4.69, 9.17) is 11.5 Å². The number of nitrogen functional groups attached to an aromatic ring is 2. The predicted octanol–water partition coefficient (Wildman–Crippen LogP) is 4.75. The molecule has 22 heavy (non-hydrogen) atoms. The first-order chi connectivity index (χ1) is 10.3. The van der Waals surface area contributed by atoms with Crippen LogP contribution in [0.1, 0.15) is 33.3 Å². The number of anilines is 2. The molecule has 0 amide bonds. The first-order valence-electron chi connectivity index (χ1n) is 7.78. The van der Waals surface area contributed by atoms with Crippen LogP contribution in [-0.2, 0) is 0 Å². The van der Waals surface area contributed by atoms with E-state index >= 15 is 0 Å². The fourth-order valence-corrected chi connectivity index (χ4v) is 5.89. The summed E-state index contributed by atoms with van der Waals surface area (Å²) in [4.78, 5) is 0. The molecule has 0 spiro atoms. The van der Waals surface area contributed by atoms with Crippen molar-refractivity contribution in [3.05, 3.63) is 42.0 Å². The molecule has 0 aromatic heterocycles. The van der Waals surface area contributed by atoms with Crippen LogP contribution in [0, 0.1) is 6.92 Å². The first-order valence-corrected chi connectivity index (χ1v) is 9.31. The minimum absolute atomic E-state index is 0.258. The van der Waals surface area contributed by atoms with Gasteiger partial charge in [0, 0.05) is 16.9 Å². The van der Waals surface area contributed by atoms with Crippen LogP contribution in [0.25, 0.3) is 11.1 Å². The lowest BCUT2D eigenvalue weighted by Gasteiger charge is -2.33. The van der Waals surface area contributed by atoms with Gasteiger partial charge in [-0.3, -0.25) is 0 Å². The van der Waals surface area contributed by atoms with Crippen LogP contribution in [-0.4, -0.2) is 11.3 Å². The molecule has 0 radical (unpaired) electrons. The van der Waals surface area contributed by atoms with Gasteiger partial charge < -0.3 is 11.5 Å². The van der Waals surface area contributed by atoms with Crippen molar-refractivity contribution >= 4 is 24.6 Å². The highest BCUT2D eigenvalue weighted by atomic mass is 31.1. The molecule has 2 nitrogen and oxygen atoms in total. The van der Waals surface area contributed by atoms with E-state index in [9.17, 15) is 0 Å². The van der Waals surface area contributed by atoms with Gasteiger partial charge in [-0.1, -0.05) is 59.9 Å². The Labute approximate surface area is 135 Å². The summed E-state index contributed by atoms with van der Waals surface area (Å²) in [7, 11) is -0.258. The summed E-state index contributed by atoms with van der Waals surface area (Å²) in [5, 5.41) is 1.71. The van der Waals surface area contributed by atoms with Crippen molar-refractivity contribution < 1.29 is 0 Å². The van der Waals surface area contributed by atoms with Crippen LogP contribution in [0.4, 0.5) is 11.4 Å². The topological polar surface area (TPSA) is 52.0 Å².